The Bertz CT molecular complexity index is 784. The molecule has 0 unspecified atom stereocenters. The number of carbonyl (C=O) groups is 1. The number of aliphatic imine (C=N–C) groups is 1. The third-order valence-corrected chi connectivity index (χ3v) is 3.71. The Morgan fingerprint density at radius 1 is 1.17 bits per heavy atom. The molecule has 156 valence electrons. The maximum absolute atomic E-state index is 12.0. The highest BCUT2D eigenvalue weighted by Gasteiger charge is 2.05. The molecule has 0 radical (unpaired) electrons. The van der Waals surface area contributed by atoms with Crippen LogP contribution in [0.1, 0.15) is 22.8 Å². The third-order valence-electron chi connectivity index (χ3n) is 3.71. The molecule has 0 aliphatic rings. The molecule has 1 aromatic heterocycles. The van der Waals surface area contributed by atoms with E-state index in [4.69, 9.17) is 4.74 Å². The first-order valence-electron chi connectivity index (χ1n) is 9.26. The van der Waals surface area contributed by atoms with Gasteiger partial charge in [0.2, 0.25) is 0 Å². The zero-order valence-electron chi connectivity index (χ0n) is 16.6. The molecule has 0 saturated heterocycles. The lowest BCUT2D eigenvalue weighted by Crippen LogP contribution is -2.41. The van der Waals surface area contributed by atoms with Crippen molar-refractivity contribution in [3.8, 4) is 5.75 Å². The van der Waals surface area contributed by atoms with Crippen molar-refractivity contribution in [1.82, 2.24) is 20.9 Å². The van der Waals surface area contributed by atoms with Crippen molar-refractivity contribution < 1.29 is 9.53 Å². The van der Waals surface area contributed by atoms with Gasteiger partial charge in [-0.1, -0.05) is 30.9 Å². The molecule has 29 heavy (non-hydrogen) atoms. The first-order valence-corrected chi connectivity index (χ1v) is 9.26. The number of aromatic nitrogens is 1. The topological polar surface area (TPSA) is 87.6 Å². The van der Waals surface area contributed by atoms with Gasteiger partial charge in [0.05, 0.1) is 12.1 Å². The van der Waals surface area contributed by atoms with Crippen molar-refractivity contribution in [1.29, 1.82) is 0 Å². The Labute approximate surface area is 189 Å². The molecule has 1 aromatic carbocycles. The normalized spacial score (nSPS) is 10.4. The van der Waals surface area contributed by atoms with Crippen LogP contribution < -0.4 is 20.7 Å². The maximum atomic E-state index is 12.0. The molecule has 3 N–H and O–H groups in total. The lowest BCUT2D eigenvalue weighted by Gasteiger charge is -2.13. The van der Waals surface area contributed by atoms with Gasteiger partial charge in [0.1, 0.15) is 12.4 Å². The summed E-state index contributed by atoms with van der Waals surface area (Å²) in [5.74, 6) is 1.33. The van der Waals surface area contributed by atoms with Gasteiger partial charge in [0.25, 0.3) is 5.91 Å². The zero-order valence-corrected chi connectivity index (χ0v) is 18.9. The van der Waals surface area contributed by atoms with Gasteiger partial charge in [-0.25, -0.2) is 4.99 Å². The van der Waals surface area contributed by atoms with E-state index in [9.17, 15) is 4.79 Å². The number of guanidine groups is 1. The van der Waals surface area contributed by atoms with Gasteiger partial charge in [-0.05, 0) is 25.1 Å². The number of ether oxygens (including phenoxy) is 1. The fraction of sp³-hybridized carbons (Fsp3) is 0.286. The fourth-order valence-corrected chi connectivity index (χ4v) is 2.39. The number of pyridine rings is 1. The molecule has 0 saturated carbocycles. The highest BCUT2D eigenvalue weighted by atomic mass is 127. The molecule has 7 nitrogen and oxygen atoms in total. The Morgan fingerprint density at radius 2 is 1.97 bits per heavy atom. The molecule has 0 fully saturated rings. The molecule has 0 aliphatic carbocycles. The van der Waals surface area contributed by atoms with Crippen LogP contribution in [0.25, 0.3) is 0 Å². The van der Waals surface area contributed by atoms with Crippen LogP contribution in [0.2, 0.25) is 0 Å². The average molecular weight is 509 g/mol. The minimum Gasteiger partial charge on any atom is -0.489 e. The first-order chi connectivity index (χ1) is 13.7. The number of hydrogen-bond donors (Lipinski definition) is 3. The van der Waals surface area contributed by atoms with E-state index in [0.717, 1.165) is 17.9 Å². The maximum Gasteiger partial charge on any atom is 0.252 e. The second kappa shape index (κ2) is 14.4. The molecule has 2 rings (SSSR count). The van der Waals surface area contributed by atoms with Crippen LogP contribution >= 0.6 is 24.0 Å². The summed E-state index contributed by atoms with van der Waals surface area (Å²) in [5, 5.41) is 9.26. The Kier molecular flexibility index (Phi) is 12.1. The summed E-state index contributed by atoms with van der Waals surface area (Å²) in [6.07, 6.45) is 4.89. The summed E-state index contributed by atoms with van der Waals surface area (Å²) in [7, 11) is 0. The number of halogens is 1. The van der Waals surface area contributed by atoms with Crippen LogP contribution in [0.3, 0.4) is 0 Å². The predicted octanol–water partition coefficient (Wildman–Crippen LogP) is 2.75. The number of benzene rings is 1. The van der Waals surface area contributed by atoms with Crippen molar-refractivity contribution in [2.24, 2.45) is 4.99 Å². The summed E-state index contributed by atoms with van der Waals surface area (Å²) in [6, 6.07) is 11.3. The lowest BCUT2D eigenvalue weighted by molar-refractivity contribution is 0.0954. The Balaban J connectivity index is 0.00000420. The fourth-order valence-electron chi connectivity index (χ4n) is 2.39. The summed E-state index contributed by atoms with van der Waals surface area (Å²) in [6.45, 7) is 8.36. The van der Waals surface area contributed by atoms with Gasteiger partial charge in [-0.3, -0.25) is 9.78 Å². The van der Waals surface area contributed by atoms with Crippen molar-refractivity contribution in [2.75, 3.05) is 26.2 Å². The van der Waals surface area contributed by atoms with Crippen molar-refractivity contribution >= 4 is 35.8 Å². The van der Waals surface area contributed by atoms with E-state index in [-0.39, 0.29) is 29.9 Å². The molecule has 1 heterocycles. The molecule has 0 aliphatic heterocycles. The molecule has 0 bridgehead atoms. The van der Waals surface area contributed by atoms with E-state index >= 15 is 0 Å². The number of para-hydroxylation sites is 1. The van der Waals surface area contributed by atoms with Crippen molar-refractivity contribution in [2.45, 2.75) is 13.5 Å². The second-order valence-corrected chi connectivity index (χ2v) is 5.83. The zero-order chi connectivity index (χ0) is 20.0. The molecule has 0 spiro atoms. The standard InChI is InChI=1S/C21H27N5O2.HI/c1-3-14-28-19-10-6-5-8-17(19)16-26-21(23-4-2)25-13-12-24-20(27)18-9-7-11-22-15-18;/h3,5-11,15H,1,4,12-14,16H2,2H3,(H,24,27)(H2,23,25,26);1H. The van der Waals surface area contributed by atoms with Gasteiger partial charge in [0.15, 0.2) is 5.96 Å². The number of nitrogens with zero attached hydrogens (tertiary/aromatic N) is 2. The second-order valence-electron chi connectivity index (χ2n) is 5.83. The Morgan fingerprint density at radius 3 is 2.69 bits per heavy atom. The van der Waals surface area contributed by atoms with E-state index in [1.165, 1.54) is 0 Å². The highest BCUT2D eigenvalue weighted by Crippen LogP contribution is 2.18. The predicted molar refractivity (Wildman–Crippen MR) is 127 cm³/mol. The smallest absolute Gasteiger partial charge is 0.252 e. The van der Waals surface area contributed by atoms with Gasteiger partial charge in [0, 0.05) is 37.6 Å². The molecule has 0 atom stereocenters. The van der Waals surface area contributed by atoms with E-state index in [0.29, 0.717) is 37.8 Å². The van der Waals surface area contributed by atoms with Gasteiger partial charge in [-0.2, -0.15) is 0 Å². The summed E-state index contributed by atoms with van der Waals surface area (Å²) < 4.78 is 5.66. The average Bonchev–Trinajstić information content (AvgIpc) is 2.74. The van der Waals surface area contributed by atoms with E-state index in [2.05, 4.69) is 32.5 Å². The monoisotopic (exact) mass is 509 g/mol. The molecular formula is C21H28IN5O2. The third kappa shape index (κ3) is 8.95. The minimum absolute atomic E-state index is 0. The SMILES string of the molecule is C=CCOc1ccccc1CN=C(NCC)NCCNC(=O)c1cccnc1.I. The number of carbonyl (C=O) groups excluding carboxylic acids is 1. The van der Waals surface area contributed by atoms with Crippen LogP contribution in [0.15, 0.2) is 66.4 Å². The number of rotatable bonds is 10. The van der Waals surface area contributed by atoms with Crippen LogP contribution in [0.4, 0.5) is 0 Å². The summed E-state index contributed by atoms with van der Waals surface area (Å²) in [5.41, 5.74) is 1.53. The number of nitrogens with one attached hydrogen (secondary N) is 3. The Hall–Kier alpha value is -2.62. The van der Waals surface area contributed by atoms with Crippen LogP contribution in [0.5, 0.6) is 5.75 Å². The van der Waals surface area contributed by atoms with Gasteiger partial charge in [-0.15, -0.1) is 24.0 Å². The number of hydrogen-bond acceptors (Lipinski definition) is 4. The molecule has 2 aromatic rings. The van der Waals surface area contributed by atoms with Crippen LogP contribution in [0, 0.1) is 0 Å². The molecule has 1 amide bonds. The minimum atomic E-state index is -0.148. The van der Waals surface area contributed by atoms with Gasteiger partial charge >= 0.3 is 0 Å². The lowest BCUT2D eigenvalue weighted by atomic mass is 10.2. The van der Waals surface area contributed by atoms with Crippen molar-refractivity contribution in [3.63, 3.8) is 0 Å². The van der Waals surface area contributed by atoms with Gasteiger partial charge < -0.3 is 20.7 Å². The van der Waals surface area contributed by atoms with Crippen LogP contribution in [-0.4, -0.2) is 43.1 Å². The largest absolute Gasteiger partial charge is 0.489 e. The molecular weight excluding hydrogens is 481 g/mol. The quantitative estimate of drug-likeness (QED) is 0.151. The number of amides is 1. The summed E-state index contributed by atoms with van der Waals surface area (Å²) >= 11 is 0. The highest BCUT2D eigenvalue weighted by molar-refractivity contribution is 14.0. The van der Waals surface area contributed by atoms with E-state index in [1.54, 1.807) is 30.6 Å². The summed E-state index contributed by atoms with van der Waals surface area (Å²) in [4.78, 5) is 20.5. The van der Waals surface area contributed by atoms with E-state index < -0.39 is 0 Å². The molecule has 8 heteroatoms. The van der Waals surface area contributed by atoms with Crippen LogP contribution in [-0.2, 0) is 6.54 Å². The first kappa shape index (κ1) is 24.4. The van der Waals surface area contributed by atoms with Crippen molar-refractivity contribution in [3.05, 3.63) is 72.6 Å². The van der Waals surface area contributed by atoms with E-state index in [1.807, 2.05) is 31.2 Å².